The molecule has 0 unspecified atom stereocenters. The fraction of sp³-hybridized carbons (Fsp3) is 0.460. The smallest absolute Gasteiger partial charge is 0.350 e. The third kappa shape index (κ3) is 8.78. The van der Waals surface area contributed by atoms with Gasteiger partial charge in [-0.15, -0.1) is 0 Å². The van der Waals surface area contributed by atoms with E-state index in [9.17, 15) is 34.2 Å². The summed E-state index contributed by atoms with van der Waals surface area (Å²) in [4.78, 5) is 98.4. The summed E-state index contributed by atoms with van der Waals surface area (Å²) >= 11 is 4.17. The van der Waals surface area contributed by atoms with Gasteiger partial charge < -0.3 is 44.0 Å². The number of nitrogens with one attached hydrogen (secondary N) is 1. The van der Waals surface area contributed by atoms with E-state index in [1.54, 1.807) is 92.7 Å². The topological polar surface area (TPSA) is 227 Å². The Morgan fingerprint density at radius 3 is 2.00 bits per heavy atom. The van der Waals surface area contributed by atoms with Crippen LogP contribution in [0.4, 0.5) is 0 Å². The zero-order valence-corrected chi connectivity index (χ0v) is 38.9. The van der Waals surface area contributed by atoms with E-state index in [0.717, 1.165) is 13.8 Å². The monoisotopic (exact) mass is 941 g/mol. The number of thiol groups is 1. The number of aliphatic hydroxyl groups is 2. The first-order valence-corrected chi connectivity index (χ1v) is 22.7. The molecule has 0 aromatic heterocycles. The van der Waals surface area contributed by atoms with Crippen LogP contribution in [0.2, 0.25) is 0 Å². The van der Waals surface area contributed by atoms with E-state index < -0.39 is 119 Å². The number of rotatable bonds is 13. The molecule has 3 fully saturated rings. The lowest BCUT2D eigenvalue weighted by atomic mass is 9.44. The molecular formula is C50H55NO15S. The standard InChI is InChI=1S/C50H55NO15S/c1-27-33(63-46(59)40(64-36(55)22-23-67)38(30-16-10-7-11-17-30)51-44(57)31-18-12-8-13-19-31)25-50(60)43(65-45(58)32-20-14-9-15-21-32)41-48(6,34(54)24-35-49(41,26-61-35)66-29(3)53)42(56)39(62-28(2)52)37(27)47(50,4)5/h7-21,33-35,38-41,43,54,60,67H,22-26H2,1-6H3,(H,51,57)/t33-,34-,35+,38-,39+,40+,41-,43-,48+,49-,50+/m0/s1. The van der Waals surface area contributed by atoms with Gasteiger partial charge in [0.1, 0.15) is 30.0 Å². The third-order valence-corrected chi connectivity index (χ3v) is 14.3. The van der Waals surface area contributed by atoms with Crippen LogP contribution in [-0.2, 0) is 52.4 Å². The highest BCUT2D eigenvalue weighted by atomic mass is 32.1. The molecule has 2 saturated carbocycles. The van der Waals surface area contributed by atoms with E-state index in [4.69, 9.17) is 28.4 Å². The van der Waals surface area contributed by atoms with Gasteiger partial charge in [-0.25, -0.2) is 9.59 Å². The first-order valence-electron chi connectivity index (χ1n) is 22.0. The molecule has 0 radical (unpaired) electrons. The molecule has 3 N–H and O–H groups in total. The summed E-state index contributed by atoms with van der Waals surface area (Å²) in [5.41, 5.74) is -7.27. The number of amides is 1. The van der Waals surface area contributed by atoms with Crippen LogP contribution in [0.5, 0.6) is 0 Å². The van der Waals surface area contributed by atoms with E-state index in [1.807, 2.05) is 0 Å². The van der Waals surface area contributed by atoms with Gasteiger partial charge in [0.15, 0.2) is 17.5 Å². The molecule has 0 spiro atoms. The van der Waals surface area contributed by atoms with Gasteiger partial charge in [-0.3, -0.25) is 24.0 Å². The SMILES string of the molecule is CC(=O)O[C@H]1C(=O)[C@@]2(C)[C@H]([C@H](OC(=O)c3ccccc3)[C@]3(O)C[C@H](OC(=O)[C@H](OC(=O)CCS)[C@@H](NC(=O)c4ccccc4)c4ccccc4)C(C)=C1C3(C)C)[C@]1(OC(C)=O)CO[C@@H]1C[C@@H]2O. The first-order chi connectivity index (χ1) is 31.7. The number of hydrogen-bond donors (Lipinski definition) is 4. The Kier molecular flexibility index (Phi) is 13.9. The van der Waals surface area contributed by atoms with Crippen molar-refractivity contribution in [2.45, 2.75) is 115 Å². The van der Waals surface area contributed by atoms with Crippen molar-refractivity contribution in [1.82, 2.24) is 5.32 Å². The maximum absolute atomic E-state index is 15.6. The van der Waals surface area contributed by atoms with E-state index in [0.29, 0.717) is 5.56 Å². The average molecular weight is 942 g/mol. The fourth-order valence-corrected chi connectivity index (χ4v) is 10.8. The van der Waals surface area contributed by atoms with Crippen LogP contribution >= 0.6 is 12.6 Å². The van der Waals surface area contributed by atoms with Crippen molar-refractivity contribution in [2.24, 2.45) is 16.7 Å². The van der Waals surface area contributed by atoms with Crippen LogP contribution in [-0.4, -0.2) is 112 Å². The molecule has 11 atom stereocenters. The Balaban J connectivity index is 1.42. The van der Waals surface area contributed by atoms with Crippen LogP contribution in [0.25, 0.3) is 0 Å². The summed E-state index contributed by atoms with van der Waals surface area (Å²) in [5, 5.41) is 28.8. The van der Waals surface area contributed by atoms with Gasteiger partial charge in [-0.2, -0.15) is 12.6 Å². The molecule has 17 heteroatoms. The summed E-state index contributed by atoms with van der Waals surface area (Å²) in [6.45, 7) is 7.92. The molecule has 1 heterocycles. The summed E-state index contributed by atoms with van der Waals surface area (Å²) < 4.78 is 36.5. The van der Waals surface area contributed by atoms with E-state index in [-0.39, 0.29) is 47.5 Å². The highest BCUT2D eigenvalue weighted by Crippen LogP contribution is 2.64. The van der Waals surface area contributed by atoms with Crippen molar-refractivity contribution in [3.63, 3.8) is 0 Å². The van der Waals surface area contributed by atoms with Gasteiger partial charge >= 0.3 is 29.8 Å². The van der Waals surface area contributed by atoms with Gasteiger partial charge in [-0.1, -0.05) is 80.6 Å². The van der Waals surface area contributed by atoms with Crippen LogP contribution in [0.1, 0.15) is 93.1 Å². The number of carbonyl (C=O) groups excluding carboxylic acids is 7. The second-order valence-corrected chi connectivity index (χ2v) is 18.7. The first kappa shape index (κ1) is 49.0. The van der Waals surface area contributed by atoms with Crippen molar-refractivity contribution >= 4 is 54.2 Å². The van der Waals surface area contributed by atoms with Crippen LogP contribution in [0.15, 0.2) is 102 Å². The number of fused-ring (bicyclic) bond motifs is 5. The quantitative estimate of drug-likeness (QED) is 0.0795. The summed E-state index contributed by atoms with van der Waals surface area (Å²) in [6.07, 6.45) is -10.8. The lowest BCUT2D eigenvalue weighted by molar-refractivity contribution is -0.346. The molecular weight excluding hydrogens is 887 g/mol. The molecule has 1 aliphatic heterocycles. The lowest BCUT2D eigenvalue weighted by Gasteiger charge is -2.67. The number of aliphatic hydroxyl groups excluding tert-OH is 1. The van der Waals surface area contributed by atoms with E-state index in [2.05, 4.69) is 17.9 Å². The summed E-state index contributed by atoms with van der Waals surface area (Å²) in [6, 6.07) is 22.9. The minimum absolute atomic E-state index is 0.0268. The summed E-state index contributed by atoms with van der Waals surface area (Å²) in [5.74, 6) is -7.73. The van der Waals surface area contributed by atoms with Crippen LogP contribution < -0.4 is 5.32 Å². The molecule has 4 aliphatic rings. The minimum Gasteiger partial charge on any atom is -0.455 e. The van der Waals surface area contributed by atoms with Gasteiger partial charge in [0.25, 0.3) is 5.91 Å². The molecule has 1 saturated heterocycles. The predicted molar refractivity (Wildman–Crippen MR) is 240 cm³/mol. The number of benzene rings is 3. The zero-order valence-electron chi connectivity index (χ0n) is 38.0. The molecule has 1 amide bonds. The molecule has 3 aliphatic carbocycles. The third-order valence-electron chi connectivity index (χ3n) is 14.0. The van der Waals surface area contributed by atoms with E-state index >= 15 is 9.59 Å². The molecule has 356 valence electrons. The van der Waals surface area contributed by atoms with Crippen molar-refractivity contribution < 1.29 is 72.2 Å². The Bertz CT molecular complexity index is 2450. The zero-order chi connectivity index (χ0) is 48.6. The van der Waals surface area contributed by atoms with Crippen LogP contribution in [0.3, 0.4) is 0 Å². The maximum atomic E-state index is 15.6. The van der Waals surface area contributed by atoms with Crippen molar-refractivity contribution in [3.05, 3.63) is 119 Å². The number of carbonyl (C=O) groups is 7. The van der Waals surface area contributed by atoms with Gasteiger partial charge in [-0.05, 0) is 54.8 Å². The number of esters is 5. The van der Waals surface area contributed by atoms with E-state index in [1.165, 1.54) is 26.0 Å². The molecule has 2 bridgehead atoms. The van der Waals surface area contributed by atoms with Crippen molar-refractivity contribution in [1.29, 1.82) is 0 Å². The molecule has 16 nitrogen and oxygen atoms in total. The molecule has 3 aromatic carbocycles. The highest BCUT2D eigenvalue weighted by molar-refractivity contribution is 7.80. The number of ether oxygens (including phenoxy) is 6. The Morgan fingerprint density at radius 2 is 1.45 bits per heavy atom. The van der Waals surface area contributed by atoms with Gasteiger partial charge in [0.05, 0.1) is 36.0 Å². The molecule has 7 rings (SSSR count). The highest BCUT2D eigenvalue weighted by Gasteiger charge is 2.78. The van der Waals surface area contributed by atoms with Crippen molar-refractivity contribution in [2.75, 3.05) is 12.4 Å². The van der Waals surface area contributed by atoms with Gasteiger partial charge in [0.2, 0.25) is 6.10 Å². The molecule has 67 heavy (non-hydrogen) atoms. The number of hydrogen-bond acceptors (Lipinski definition) is 16. The average Bonchev–Trinajstić information content (AvgIpc) is 3.29. The van der Waals surface area contributed by atoms with Crippen LogP contribution in [0, 0.1) is 16.7 Å². The second kappa shape index (κ2) is 19.0. The normalized spacial score (nSPS) is 30.3. The predicted octanol–water partition coefficient (Wildman–Crippen LogP) is 4.61. The second-order valence-electron chi connectivity index (χ2n) is 18.3. The number of ketones is 1. The Hall–Kier alpha value is -5.88. The Morgan fingerprint density at radius 1 is 0.851 bits per heavy atom. The number of Topliss-reactive ketones (excluding diaryl/α,β-unsaturated/α-hetero) is 1. The summed E-state index contributed by atoms with van der Waals surface area (Å²) in [7, 11) is 0. The molecule has 3 aromatic rings. The fourth-order valence-electron chi connectivity index (χ4n) is 10.6. The lowest BCUT2D eigenvalue weighted by Crippen LogP contribution is -2.82. The van der Waals surface area contributed by atoms with Crippen molar-refractivity contribution in [3.8, 4) is 0 Å². The Labute approximate surface area is 393 Å². The maximum Gasteiger partial charge on any atom is 0.350 e. The van der Waals surface area contributed by atoms with Gasteiger partial charge in [0, 0.05) is 43.4 Å². The largest absolute Gasteiger partial charge is 0.455 e. The minimum atomic E-state index is -2.44.